The third kappa shape index (κ3) is 11.8. The summed E-state index contributed by atoms with van der Waals surface area (Å²) in [6.45, 7) is 15.7. The van der Waals surface area contributed by atoms with Gasteiger partial charge in [0.2, 0.25) is 0 Å². The normalized spacial score (nSPS) is 9.50. The highest BCUT2D eigenvalue weighted by Gasteiger charge is 1.93. The van der Waals surface area contributed by atoms with Crippen molar-refractivity contribution in [2.75, 3.05) is 0 Å². The minimum atomic E-state index is 1.11. The Morgan fingerprint density at radius 2 is 1.57 bits per heavy atom. The molecule has 0 spiro atoms. The van der Waals surface area contributed by atoms with Crippen LogP contribution in [0.5, 0.6) is 0 Å². The van der Waals surface area contributed by atoms with Gasteiger partial charge in [-0.25, -0.2) is 0 Å². The van der Waals surface area contributed by atoms with E-state index in [0.717, 1.165) is 5.70 Å². The van der Waals surface area contributed by atoms with Gasteiger partial charge in [-0.15, -0.1) is 0 Å². The van der Waals surface area contributed by atoms with Crippen LogP contribution in [0.1, 0.15) is 41.5 Å². The Bertz CT molecular complexity index is 160. The van der Waals surface area contributed by atoms with Gasteiger partial charge in [0.25, 0.3) is 0 Å². The molecule has 0 aliphatic carbocycles. The van der Waals surface area contributed by atoms with E-state index < -0.39 is 0 Å². The van der Waals surface area contributed by atoms with Crippen molar-refractivity contribution in [1.29, 1.82) is 0 Å². The van der Waals surface area contributed by atoms with Crippen LogP contribution in [0.4, 0.5) is 0 Å². The van der Waals surface area contributed by atoms with Gasteiger partial charge in [0.05, 0.1) is 22.9 Å². The van der Waals surface area contributed by atoms with Crippen molar-refractivity contribution in [1.82, 2.24) is 3.11 Å². The molecule has 84 valence electrons. The van der Waals surface area contributed by atoms with Crippen molar-refractivity contribution < 1.29 is 0 Å². The molecule has 0 radical (unpaired) electrons. The Morgan fingerprint density at radius 1 is 1.14 bits per heavy atom. The van der Waals surface area contributed by atoms with Crippen LogP contribution in [-0.4, -0.2) is 3.11 Å². The summed E-state index contributed by atoms with van der Waals surface area (Å²) >= 11 is 2.21. The molecule has 0 unspecified atom stereocenters. The highest BCUT2D eigenvalue weighted by atomic mass is 127. The first-order valence-electron chi connectivity index (χ1n) is 5.12. The molecule has 0 saturated carbocycles. The second-order valence-corrected chi connectivity index (χ2v) is 2.75. The molecular weight excluding hydrogens is 285 g/mol. The fourth-order valence-corrected chi connectivity index (χ4v) is 1.34. The summed E-state index contributed by atoms with van der Waals surface area (Å²) in [7, 11) is 0. The molecule has 0 aromatic heterocycles. The summed E-state index contributed by atoms with van der Waals surface area (Å²) in [5.41, 5.74) is 1.11. The van der Waals surface area contributed by atoms with Crippen molar-refractivity contribution in [3.8, 4) is 0 Å². The number of allylic oxidation sites excluding steroid dienone is 3. The summed E-state index contributed by atoms with van der Waals surface area (Å²) in [5, 5.41) is 0. The molecule has 0 aliphatic heterocycles. The molecule has 2 heteroatoms. The molecule has 0 fully saturated rings. The second kappa shape index (κ2) is 18.5. The summed E-state index contributed by atoms with van der Waals surface area (Å²) < 4.78 is 1.99. The number of hydrogen-bond acceptors (Lipinski definition) is 1. The van der Waals surface area contributed by atoms with Gasteiger partial charge < -0.3 is 0 Å². The molecule has 0 aromatic carbocycles. The van der Waals surface area contributed by atoms with Crippen LogP contribution in [0.15, 0.2) is 36.7 Å². The molecule has 0 N–H and O–H groups in total. The standard InChI is InChI=1S/C8H12IN.2C2H6/c1-4-7-10(9)8(5-2)6-3;2*1-2/h4-7H,2H2,1,3H3;2*1-2H3/b7-4-,8-6-;;. The van der Waals surface area contributed by atoms with Crippen LogP contribution in [0.2, 0.25) is 0 Å². The molecule has 0 heterocycles. The van der Waals surface area contributed by atoms with E-state index in [-0.39, 0.29) is 0 Å². The van der Waals surface area contributed by atoms with E-state index in [1.54, 1.807) is 0 Å². The van der Waals surface area contributed by atoms with Crippen molar-refractivity contribution in [2.24, 2.45) is 0 Å². The summed E-state index contributed by atoms with van der Waals surface area (Å²) in [5.74, 6) is 0. The summed E-state index contributed by atoms with van der Waals surface area (Å²) in [4.78, 5) is 0. The monoisotopic (exact) mass is 309 g/mol. The fourth-order valence-electron chi connectivity index (χ4n) is 0.545. The van der Waals surface area contributed by atoms with Crippen molar-refractivity contribution in [3.63, 3.8) is 0 Å². The Kier molecular flexibility index (Phi) is 25.6. The zero-order chi connectivity index (χ0) is 12.0. The lowest BCUT2D eigenvalue weighted by molar-refractivity contribution is 0.853. The Hall–Kier alpha value is -0.250. The third-order valence-corrected chi connectivity index (χ3v) is 1.91. The number of halogens is 1. The topological polar surface area (TPSA) is 3.24 Å². The van der Waals surface area contributed by atoms with Crippen LogP contribution in [0.3, 0.4) is 0 Å². The van der Waals surface area contributed by atoms with E-state index in [2.05, 4.69) is 29.4 Å². The van der Waals surface area contributed by atoms with Gasteiger partial charge in [0, 0.05) is 11.9 Å². The molecule has 0 aromatic rings. The van der Waals surface area contributed by atoms with Crippen LogP contribution in [-0.2, 0) is 0 Å². The minimum Gasteiger partial charge on any atom is -0.291 e. The van der Waals surface area contributed by atoms with Gasteiger partial charge in [-0.1, -0.05) is 46.4 Å². The number of nitrogens with zero attached hydrogens (tertiary/aromatic N) is 1. The molecule has 14 heavy (non-hydrogen) atoms. The predicted molar refractivity (Wildman–Crippen MR) is 77.3 cm³/mol. The predicted octanol–water partition coefficient (Wildman–Crippen LogP) is 5.31. The maximum atomic E-state index is 3.69. The van der Waals surface area contributed by atoms with Gasteiger partial charge in [-0.3, -0.25) is 3.11 Å². The van der Waals surface area contributed by atoms with Crippen LogP contribution in [0, 0.1) is 0 Å². The van der Waals surface area contributed by atoms with Gasteiger partial charge in [-0.2, -0.15) is 0 Å². The van der Waals surface area contributed by atoms with E-state index in [4.69, 9.17) is 0 Å². The first-order chi connectivity index (χ1) is 6.76. The van der Waals surface area contributed by atoms with Crippen molar-refractivity contribution in [3.05, 3.63) is 36.7 Å². The highest BCUT2D eigenvalue weighted by molar-refractivity contribution is 14.1. The highest BCUT2D eigenvalue weighted by Crippen LogP contribution is 2.11. The fraction of sp³-hybridized carbons (Fsp3) is 0.500. The smallest absolute Gasteiger partial charge is 0.0640 e. The lowest BCUT2D eigenvalue weighted by atomic mass is 10.4. The average Bonchev–Trinajstić information content (AvgIpc) is 2.26. The largest absolute Gasteiger partial charge is 0.291 e. The van der Waals surface area contributed by atoms with Crippen LogP contribution < -0.4 is 0 Å². The SMILES string of the molecule is C=C/C(=C/C)N(I)/C=C\C.CC.CC. The van der Waals surface area contributed by atoms with Gasteiger partial charge in [-0.05, 0) is 19.9 Å². The zero-order valence-electron chi connectivity index (χ0n) is 10.3. The number of hydrogen-bond donors (Lipinski definition) is 0. The lowest BCUT2D eigenvalue weighted by Gasteiger charge is -2.10. The quantitative estimate of drug-likeness (QED) is 0.388. The zero-order valence-corrected chi connectivity index (χ0v) is 12.5. The summed E-state index contributed by atoms with van der Waals surface area (Å²) in [6, 6.07) is 0. The van der Waals surface area contributed by atoms with Crippen LogP contribution >= 0.6 is 22.9 Å². The second-order valence-electron chi connectivity index (χ2n) is 1.71. The van der Waals surface area contributed by atoms with Crippen molar-refractivity contribution in [2.45, 2.75) is 41.5 Å². The van der Waals surface area contributed by atoms with Gasteiger partial charge in [0.1, 0.15) is 0 Å². The van der Waals surface area contributed by atoms with Crippen LogP contribution in [0.25, 0.3) is 0 Å². The molecule has 1 nitrogen and oxygen atoms in total. The molecule has 0 amide bonds. The maximum absolute atomic E-state index is 3.69. The average molecular weight is 309 g/mol. The molecule has 0 rings (SSSR count). The summed E-state index contributed by atoms with van der Waals surface area (Å²) in [6.07, 6.45) is 7.81. The van der Waals surface area contributed by atoms with Gasteiger partial charge in [0.15, 0.2) is 0 Å². The van der Waals surface area contributed by atoms with E-state index in [9.17, 15) is 0 Å². The Labute approximate surface area is 104 Å². The first kappa shape index (κ1) is 19.3. The van der Waals surface area contributed by atoms with Gasteiger partial charge >= 0.3 is 0 Å². The molecular formula is C12H24IN. The third-order valence-electron chi connectivity index (χ3n) is 1.03. The molecule has 0 atom stereocenters. The van der Waals surface area contributed by atoms with E-state index in [1.807, 2.05) is 69.1 Å². The lowest BCUT2D eigenvalue weighted by Crippen LogP contribution is -1.98. The molecule has 0 bridgehead atoms. The number of rotatable bonds is 3. The van der Waals surface area contributed by atoms with E-state index in [0.29, 0.717) is 0 Å². The maximum Gasteiger partial charge on any atom is 0.0640 e. The van der Waals surface area contributed by atoms with Crippen molar-refractivity contribution >= 4 is 22.9 Å². The Balaban J connectivity index is -0.000000266. The molecule has 0 saturated heterocycles. The van der Waals surface area contributed by atoms with E-state index in [1.165, 1.54) is 0 Å². The Morgan fingerprint density at radius 3 is 1.79 bits per heavy atom. The minimum absolute atomic E-state index is 1.11. The molecule has 0 aliphatic rings. The first-order valence-corrected chi connectivity index (χ1v) is 6.09. The van der Waals surface area contributed by atoms with E-state index >= 15 is 0 Å².